The number of amides is 1. The molecule has 0 aromatic carbocycles. The zero-order valence-electron chi connectivity index (χ0n) is 15.2. The van der Waals surface area contributed by atoms with Crippen molar-refractivity contribution in [3.8, 4) is 0 Å². The second kappa shape index (κ2) is 8.24. The molecular weight excluding hydrogens is 306 g/mol. The molecule has 0 unspecified atom stereocenters. The molecule has 0 radical (unpaired) electrons. The van der Waals surface area contributed by atoms with Crippen molar-refractivity contribution in [3.05, 3.63) is 23.0 Å². The van der Waals surface area contributed by atoms with Gasteiger partial charge < -0.3 is 14.6 Å². The van der Waals surface area contributed by atoms with E-state index in [2.05, 4.69) is 29.3 Å². The lowest BCUT2D eigenvalue weighted by Crippen LogP contribution is -2.26. The van der Waals surface area contributed by atoms with E-state index in [1.807, 2.05) is 26.8 Å². The van der Waals surface area contributed by atoms with Gasteiger partial charge in [-0.25, -0.2) is 4.98 Å². The minimum absolute atomic E-state index is 0.126. The predicted molar refractivity (Wildman–Crippen MR) is 93.2 cm³/mol. The van der Waals surface area contributed by atoms with Gasteiger partial charge in [-0.15, -0.1) is 0 Å². The van der Waals surface area contributed by atoms with Crippen LogP contribution in [-0.2, 0) is 4.74 Å². The van der Waals surface area contributed by atoms with Crippen LogP contribution >= 0.6 is 0 Å². The van der Waals surface area contributed by atoms with Gasteiger partial charge in [0.05, 0.1) is 16.6 Å². The summed E-state index contributed by atoms with van der Waals surface area (Å²) in [5.74, 6) is 0.603. The number of carbonyl (C=O) groups excluding carboxylic acids is 1. The quantitative estimate of drug-likeness (QED) is 0.749. The van der Waals surface area contributed by atoms with Crippen LogP contribution in [0.1, 0.15) is 61.8 Å². The number of hydrogen-bond donors (Lipinski definition) is 1. The van der Waals surface area contributed by atoms with E-state index in [1.165, 1.54) is 0 Å². The molecule has 0 aliphatic heterocycles. The molecule has 1 amide bonds. The summed E-state index contributed by atoms with van der Waals surface area (Å²) in [5.41, 5.74) is 2.50. The van der Waals surface area contributed by atoms with Gasteiger partial charge in [0.15, 0.2) is 0 Å². The fraction of sp³-hybridized carbons (Fsp3) is 0.611. The molecule has 0 fully saturated rings. The Morgan fingerprint density at radius 2 is 2.08 bits per heavy atom. The Hall–Kier alpha value is -1.95. The lowest BCUT2D eigenvalue weighted by Gasteiger charge is -2.10. The summed E-state index contributed by atoms with van der Waals surface area (Å²) in [6.45, 7) is 12.1. The van der Waals surface area contributed by atoms with Crippen molar-refractivity contribution in [2.45, 2.75) is 47.0 Å². The monoisotopic (exact) mass is 333 g/mol. The van der Waals surface area contributed by atoms with E-state index in [-0.39, 0.29) is 11.8 Å². The maximum Gasteiger partial charge on any atom is 0.259 e. The molecule has 0 saturated heterocycles. The van der Waals surface area contributed by atoms with Gasteiger partial charge >= 0.3 is 0 Å². The van der Waals surface area contributed by atoms with Gasteiger partial charge in [-0.05, 0) is 31.2 Å². The highest BCUT2D eigenvalue weighted by Crippen LogP contribution is 2.24. The van der Waals surface area contributed by atoms with E-state index in [4.69, 9.17) is 9.26 Å². The largest absolute Gasteiger partial charge is 0.381 e. The van der Waals surface area contributed by atoms with Crippen molar-refractivity contribution in [2.75, 3.05) is 19.8 Å². The summed E-state index contributed by atoms with van der Waals surface area (Å²) < 4.78 is 10.8. The second-order valence-electron chi connectivity index (χ2n) is 6.78. The predicted octanol–water partition coefficient (Wildman–Crippen LogP) is 3.45. The highest BCUT2D eigenvalue weighted by molar-refractivity contribution is 6.06. The Labute approximate surface area is 143 Å². The smallest absolute Gasteiger partial charge is 0.259 e. The second-order valence-corrected chi connectivity index (χ2v) is 6.78. The van der Waals surface area contributed by atoms with Gasteiger partial charge in [0.1, 0.15) is 0 Å². The zero-order chi connectivity index (χ0) is 17.7. The first-order valence-corrected chi connectivity index (χ1v) is 8.53. The van der Waals surface area contributed by atoms with Crippen molar-refractivity contribution in [2.24, 2.45) is 5.92 Å². The number of nitrogens with zero attached hydrogens (tertiary/aromatic N) is 2. The van der Waals surface area contributed by atoms with Crippen LogP contribution in [0.25, 0.3) is 11.1 Å². The van der Waals surface area contributed by atoms with E-state index in [0.717, 1.165) is 18.7 Å². The van der Waals surface area contributed by atoms with Crippen LogP contribution in [-0.4, -0.2) is 35.8 Å². The Morgan fingerprint density at radius 1 is 1.33 bits per heavy atom. The van der Waals surface area contributed by atoms with Gasteiger partial charge in [0.25, 0.3) is 11.6 Å². The molecule has 132 valence electrons. The maximum absolute atomic E-state index is 12.6. The van der Waals surface area contributed by atoms with E-state index in [0.29, 0.717) is 41.4 Å². The lowest BCUT2D eigenvalue weighted by atomic mass is 10.0. The number of carbonyl (C=O) groups is 1. The van der Waals surface area contributed by atoms with Crippen LogP contribution in [0.5, 0.6) is 0 Å². The summed E-state index contributed by atoms with van der Waals surface area (Å²) in [4.78, 5) is 17.0. The van der Waals surface area contributed by atoms with Crippen molar-refractivity contribution >= 4 is 17.0 Å². The molecule has 2 rings (SSSR count). The van der Waals surface area contributed by atoms with E-state index in [1.54, 1.807) is 0 Å². The highest BCUT2D eigenvalue weighted by Gasteiger charge is 2.19. The topological polar surface area (TPSA) is 77.2 Å². The van der Waals surface area contributed by atoms with Gasteiger partial charge in [0, 0.05) is 25.5 Å². The fourth-order valence-electron chi connectivity index (χ4n) is 2.38. The third kappa shape index (κ3) is 4.54. The minimum Gasteiger partial charge on any atom is -0.381 e. The molecule has 2 heterocycles. The molecule has 2 aromatic rings. The molecule has 0 aliphatic rings. The Balaban J connectivity index is 2.04. The summed E-state index contributed by atoms with van der Waals surface area (Å²) in [7, 11) is 0. The number of pyridine rings is 1. The Morgan fingerprint density at radius 3 is 2.75 bits per heavy atom. The summed E-state index contributed by atoms with van der Waals surface area (Å²) in [6.07, 6.45) is 0.784. The van der Waals surface area contributed by atoms with Crippen LogP contribution in [0.3, 0.4) is 0 Å². The number of nitrogens with one attached hydrogen (secondary N) is 1. The first-order chi connectivity index (χ1) is 11.4. The van der Waals surface area contributed by atoms with Crippen LogP contribution < -0.4 is 5.32 Å². The van der Waals surface area contributed by atoms with Gasteiger partial charge in [-0.1, -0.05) is 32.9 Å². The number of fused-ring (bicyclic) bond motifs is 1. The summed E-state index contributed by atoms with van der Waals surface area (Å²) in [6, 6.07) is 1.84. The molecule has 1 N–H and O–H groups in total. The van der Waals surface area contributed by atoms with E-state index < -0.39 is 0 Å². The molecule has 0 saturated carbocycles. The number of rotatable bonds is 8. The molecule has 0 atom stereocenters. The number of aryl methyl sites for hydroxylation is 1. The van der Waals surface area contributed by atoms with Gasteiger partial charge in [-0.2, -0.15) is 0 Å². The van der Waals surface area contributed by atoms with Crippen molar-refractivity contribution in [3.63, 3.8) is 0 Å². The highest BCUT2D eigenvalue weighted by atomic mass is 16.5. The molecule has 0 aliphatic carbocycles. The fourth-order valence-corrected chi connectivity index (χ4v) is 2.38. The van der Waals surface area contributed by atoms with Gasteiger partial charge in [0.2, 0.25) is 0 Å². The number of hydrogen-bond acceptors (Lipinski definition) is 5. The standard InChI is InChI=1S/C18H27N3O3/c1-11(2)10-23-8-6-7-19-17(22)14-9-15(12(3)4)20-18-16(14)13(5)21-24-18/h9,11-12H,6-8,10H2,1-5H3,(H,19,22). The first kappa shape index (κ1) is 18.4. The minimum atomic E-state index is -0.126. The van der Waals surface area contributed by atoms with Gasteiger partial charge in [-0.3, -0.25) is 4.79 Å². The molecule has 2 aromatic heterocycles. The third-order valence-electron chi connectivity index (χ3n) is 3.68. The van der Waals surface area contributed by atoms with E-state index in [9.17, 15) is 4.79 Å². The average Bonchev–Trinajstić information content (AvgIpc) is 2.90. The zero-order valence-corrected chi connectivity index (χ0v) is 15.2. The molecular formula is C18H27N3O3. The van der Waals surface area contributed by atoms with Crippen molar-refractivity contribution in [1.29, 1.82) is 0 Å². The molecule has 6 nitrogen and oxygen atoms in total. The average molecular weight is 333 g/mol. The van der Waals surface area contributed by atoms with Crippen molar-refractivity contribution in [1.82, 2.24) is 15.5 Å². The van der Waals surface area contributed by atoms with Crippen LogP contribution in [0.2, 0.25) is 0 Å². The lowest BCUT2D eigenvalue weighted by molar-refractivity contribution is 0.0926. The third-order valence-corrected chi connectivity index (χ3v) is 3.68. The number of ether oxygens (including phenoxy) is 1. The normalized spacial score (nSPS) is 11.6. The van der Waals surface area contributed by atoms with E-state index >= 15 is 0 Å². The van der Waals surface area contributed by atoms with Crippen LogP contribution in [0.15, 0.2) is 10.6 Å². The molecule has 0 spiro atoms. The Kier molecular flexibility index (Phi) is 6.31. The Bertz CT molecular complexity index is 692. The van der Waals surface area contributed by atoms with Crippen LogP contribution in [0, 0.1) is 12.8 Å². The summed E-state index contributed by atoms with van der Waals surface area (Å²) >= 11 is 0. The molecule has 6 heteroatoms. The maximum atomic E-state index is 12.6. The first-order valence-electron chi connectivity index (χ1n) is 8.53. The van der Waals surface area contributed by atoms with Crippen molar-refractivity contribution < 1.29 is 14.1 Å². The van der Waals surface area contributed by atoms with Crippen LogP contribution in [0.4, 0.5) is 0 Å². The summed E-state index contributed by atoms with van der Waals surface area (Å²) in [5, 5.41) is 7.57. The SMILES string of the molecule is Cc1noc2nc(C(C)C)cc(C(=O)NCCCOCC(C)C)c12. The number of aromatic nitrogens is 2. The molecule has 0 bridgehead atoms. The molecule has 24 heavy (non-hydrogen) atoms.